The van der Waals surface area contributed by atoms with Gasteiger partial charge < -0.3 is 0 Å². The van der Waals surface area contributed by atoms with Crippen LogP contribution in [0.25, 0.3) is 10.7 Å². The average Bonchev–Trinajstić information content (AvgIpc) is 2.96. The maximum Gasteiger partial charge on any atom is 0.195 e. The largest absolute Gasteiger partial charge is 0.299 e. The maximum absolute atomic E-state index is 5.33. The van der Waals surface area contributed by atoms with Gasteiger partial charge in [-0.2, -0.15) is 5.10 Å². The highest BCUT2D eigenvalue weighted by molar-refractivity contribution is 7.71. The van der Waals surface area contributed by atoms with Crippen molar-refractivity contribution in [3.05, 3.63) is 15.5 Å². The topological polar surface area (TPSA) is 46.5 Å². The number of aromatic nitrogens is 4. The first kappa shape index (κ1) is 15.4. The van der Waals surface area contributed by atoms with Crippen LogP contribution < -0.4 is 0 Å². The van der Waals surface area contributed by atoms with Crippen molar-refractivity contribution in [3.63, 3.8) is 0 Å². The van der Waals surface area contributed by atoms with Gasteiger partial charge in [0.2, 0.25) is 0 Å². The lowest BCUT2D eigenvalue weighted by atomic mass is 10.2. The van der Waals surface area contributed by atoms with Gasteiger partial charge in [0.05, 0.1) is 15.6 Å². The van der Waals surface area contributed by atoms with E-state index < -0.39 is 0 Å². The third-order valence-corrected chi connectivity index (χ3v) is 4.57. The maximum atomic E-state index is 5.33. The van der Waals surface area contributed by atoms with E-state index in [9.17, 15) is 0 Å². The summed E-state index contributed by atoms with van der Waals surface area (Å²) in [6, 6.07) is 0. The summed E-state index contributed by atoms with van der Waals surface area (Å²) in [7, 11) is 0. The van der Waals surface area contributed by atoms with Crippen LogP contribution in [0.4, 0.5) is 0 Å². The third kappa shape index (κ3) is 3.17. The SMILES string of the molecule is CCCc1nc(CCC)c(-c2n[nH]c(=S)n2CCC)s1. The molecule has 0 saturated heterocycles. The Morgan fingerprint density at radius 3 is 2.55 bits per heavy atom. The molecule has 0 unspecified atom stereocenters. The molecule has 0 atom stereocenters. The Morgan fingerprint density at radius 1 is 1.15 bits per heavy atom. The lowest BCUT2D eigenvalue weighted by molar-refractivity contribution is 0.674. The molecule has 20 heavy (non-hydrogen) atoms. The molecule has 0 spiro atoms. The molecule has 0 radical (unpaired) electrons. The fourth-order valence-corrected chi connectivity index (χ4v) is 3.66. The van der Waals surface area contributed by atoms with Crippen LogP contribution in [0.3, 0.4) is 0 Å². The van der Waals surface area contributed by atoms with E-state index in [2.05, 4.69) is 35.5 Å². The number of nitrogens with zero attached hydrogens (tertiary/aromatic N) is 3. The van der Waals surface area contributed by atoms with Crippen LogP contribution in [0.15, 0.2) is 0 Å². The van der Waals surface area contributed by atoms with Gasteiger partial charge in [0.25, 0.3) is 0 Å². The Kier molecular flexibility index (Phi) is 5.48. The minimum absolute atomic E-state index is 0.703. The van der Waals surface area contributed by atoms with Gasteiger partial charge in [-0.25, -0.2) is 4.98 Å². The van der Waals surface area contributed by atoms with Crippen LogP contribution in [0.5, 0.6) is 0 Å². The molecule has 2 rings (SSSR count). The van der Waals surface area contributed by atoms with Crippen molar-refractivity contribution in [2.24, 2.45) is 0 Å². The minimum Gasteiger partial charge on any atom is -0.299 e. The number of hydrogen-bond acceptors (Lipinski definition) is 4. The van der Waals surface area contributed by atoms with E-state index in [1.54, 1.807) is 11.3 Å². The van der Waals surface area contributed by atoms with E-state index in [0.29, 0.717) is 4.77 Å². The molecular weight excluding hydrogens is 288 g/mol. The Bertz CT molecular complexity index is 609. The molecule has 2 heterocycles. The highest BCUT2D eigenvalue weighted by Gasteiger charge is 2.17. The Balaban J connectivity index is 2.47. The second-order valence-electron chi connectivity index (χ2n) is 4.89. The number of aromatic amines is 1. The number of H-pyrrole nitrogens is 1. The van der Waals surface area contributed by atoms with E-state index in [1.165, 1.54) is 15.6 Å². The minimum atomic E-state index is 0.703. The Labute approximate surface area is 129 Å². The van der Waals surface area contributed by atoms with E-state index in [-0.39, 0.29) is 0 Å². The summed E-state index contributed by atoms with van der Waals surface area (Å²) in [6.07, 6.45) is 5.31. The summed E-state index contributed by atoms with van der Waals surface area (Å²) < 4.78 is 2.80. The molecule has 0 aliphatic carbocycles. The molecular formula is C14H22N4S2. The van der Waals surface area contributed by atoms with Gasteiger partial charge in [0.1, 0.15) is 0 Å². The molecule has 2 aromatic heterocycles. The predicted octanol–water partition coefficient (Wildman–Crippen LogP) is 4.38. The normalized spacial score (nSPS) is 11.2. The summed E-state index contributed by atoms with van der Waals surface area (Å²) >= 11 is 7.10. The van der Waals surface area contributed by atoms with Crippen LogP contribution in [-0.2, 0) is 19.4 Å². The molecule has 6 heteroatoms. The first-order chi connectivity index (χ1) is 9.71. The van der Waals surface area contributed by atoms with Crippen LogP contribution in [0.1, 0.15) is 50.7 Å². The number of nitrogens with one attached hydrogen (secondary N) is 1. The first-order valence-electron chi connectivity index (χ1n) is 7.35. The summed E-state index contributed by atoms with van der Waals surface area (Å²) in [5.74, 6) is 0.958. The van der Waals surface area contributed by atoms with E-state index in [1.807, 2.05) is 0 Å². The molecule has 0 amide bonds. The van der Waals surface area contributed by atoms with Gasteiger partial charge in [-0.05, 0) is 37.9 Å². The van der Waals surface area contributed by atoms with Crippen molar-refractivity contribution in [1.29, 1.82) is 0 Å². The van der Waals surface area contributed by atoms with E-state index in [4.69, 9.17) is 17.2 Å². The second-order valence-corrected chi connectivity index (χ2v) is 6.36. The quantitative estimate of drug-likeness (QED) is 0.772. The predicted molar refractivity (Wildman–Crippen MR) is 86.8 cm³/mol. The van der Waals surface area contributed by atoms with Gasteiger partial charge in [0.15, 0.2) is 10.6 Å². The number of rotatable bonds is 7. The van der Waals surface area contributed by atoms with Crippen molar-refractivity contribution in [3.8, 4) is 10.7 Å². The molecule has 0 aliphatic rings. The fraction of sp³-hybridized carbons (Fsp3) is 0.643. The number of thiazole rings is 1. The van der Waals surface area contributed by atoms with Crippen LogP contribution >= 0.6 is 23.6 Å². The van der Waals surface area contributed by atoms with Crippen molar-refractivity contribution in [1.82, 2.24) is 19.7 Å². The standard InChI is InChI=1S/C14H22N4S2/c1-4-7-10-12(20-11(15-10)8-5-2)13-16-17-14(19)18(13)9-6-3/h4-9H2,1-3H3,(H,17,19). The zero-order valence-corrected chi connectivity index (χ0v) is 14.0. The summed E-state index contributed by atoms with van der Waals surface area (Å²) in [4.78, 5) is 5.98. The average molecular weight is 310 g/mol. The summed E-state index contributed by atoms with van der Waals surface area (Å²) in [5, 5.41) is 8.57. The van der Waals surface area contributed by atoms with Gasteiger partial charge in [-0.15, -0.1) is 11.3 Å². The Hall–Kier alpha value is -1.01. The van der Waals surface area contributed by atoms with Gasteiger partial charge >= 0.3 is 0 Å². The van der Waals surface area contributed by atoms with Crippen molar-refractivity contribution in [2.45, 2.75) is 59.4 Å². The fourth-order valence-electron chi connectivity index (χ4n) is 2.22. The van der Waals surface area contributed by atoms with Crippen LogP contribution in [-0.4, -0.2) is 19.7 Å². The molecule has 0 aromatic carbocycles. The van der Waals surface area contributed by atoms with Crippen molar-refractivity contribution < 1.29 is 0 Å². The van der Waals surface area contributed by atoms with Gasteiger partial charge in [-0.3, -0.25) is 9.67 Å². The summed E-state index contributed by atoms with van der Waals surface area (Å²) in [5.41, 5.74) is 1.17. The summed E-state index contributed by atoms with van der Waals surface area (Å²) in [6.45, 7) is 7.43. The van der Waals surface area contributed by atoms with E-state index in [0.717, 1.165) is 44.5 Å². The molecule has 2 aromatic rings. The number of hydrogen-bond donors (Lipinski definition) is 1. The zero-order valence-electron chi connectivity index (χ0n) is 12.4. The lowest BCUT2D eigenvalue weighted by Crippen LogP contribution is -2.00. The smallest absolute Gasteiger partial charge is 0.195 e. The number of aryl methyl sites for hydroxylation is 2. The molecule has 110 valence electrons. The van der Waals surface area contributed by atoms with Crippen molar-refractivity contribution in [2.75, 3.05) is 0 Å². The highest BCUT2D eigenvalue weighted by Crippen LogP contribution is 2.30. The van der Waals surface area contributed by atoms with E-state index >= 15 is 0 Å². The first-order valence-corrected chi connectivity index (χ1v) is 8.57. The monoisotopic (exact) mass is 310 g/mol. The molecule has 0 fully saturated rings. The molecule has 0 bridgehead atoms. The second kappa shape index (κ2) is 7.13. The molecule has 1 N–H and O–H groups in total. The molecule has 0 aliphatic heterocycles. The lowest BCUT2D eigenvalue weighted by Gasteiger charge is -2.04. The van der Waals surface area contributed by atoms with Gasteiger partial charge in [-0.1, -0.05) is 27.2 Å². The zero-order chi connectivity index (χ0) is 14.5. The van der Waals surface area contributed by atoms with Crippen LogP contribution in [0.2, 0.25) is 0 Å². The van der Waals surface area contributed by atoms with Crippen LogP contribution in [0, 0.1) is 4.77 Å². The Morgan fingerprint density at radius 2 is 1.90 bits per heavy atom. The molecule has 4 nitrogen and oxygen atoms in total. The van der Waals surface area contributed by atoms with Crippen molar-refractivity contribution >= 4 is 23.6 Å². The van der Waals surface area contributed by atoms with Gasteiger partial charge in [0, 0.05) is 6.54 Å². The molecule has 0 saturated carbocycles. The highest BCUT2D eigenvalue weighted by atomic mass is 32.1. The third-order valence-electron chi connectivity index (χ3n) is 3.10.